The summed E-state index contributed by atoms with van der Waals surface area (Å²) in [7, 11) is 1.90. The lowest BCUT2D eigenvalue weighted by Crippen LogP contribution is -2.36. The van der Waals surface area contributed by atoms with E-state index in [1.54, 1.807) is 24.9 Å². The highest BCUT2D eigenvalue weighted by Crippen LogP contribution is 2.48. The summed E-state index contributed by atoms with van der Waals surface area (Å²) in [6.45, 7) is 0. The minimum atomic E-state index is -0.260. The third-order valence-electron chi connectivity index (χ3n) is 5.38. The second kappa shape index (κ2) is 6.22. The number of hydrogen-bond donors (Lipinski definition) is 1. The van der Waals surface area contributed by atoms with Gasteiger partial charge < -0.3 is 14.8 Å². The molecule has 2 N–H and O–H groups in total. The number of aryl methyl sites for hydroxylation is 1. The summed E-state index contributed by atoms with van der Waals surface area (Å²) in [6.07, 6.45) is 11.7. The van der Waals surface area contributed by atoms with E-state index in [2.05, 4.69) is 36.1 Å². The number of nitrogens with zero attached hydrogens (tertiary/aromatic N) is 7. The van der Waals surface area contributed by atoms with E-state index in [0.717, 1.165) is 41.8 Å². The first-order valence-corrected chi connectivity index (χ1v) is 9.01. The summed E-state index contributed by atoms with van der Waals surface area (Å²) in [4.78, 5) is 21.4. The highest BCUT2D eigenvalue weighted by molar-refractivity contribution is 5.58. The zero-order valence-electron chi connectivity index (χ0n) is 15.3. The number of aromatic nitrogens is 7. The molecule has 0 spiro atoms. The quantitative estimate of drug-likeness (QED) is 0.578. The summed E-state index contributed by atoms with van der Waals surface area (Å²) < 4.78 is 7.38. The highest BCUT2D eigenvalue weighted by Gasteiger charge is 2.45. The van der Waals surface area contributed by atoms with Crippen LogP contribution in [0.5, 0.6) is 0 Å². The fraction of sp³-hybridized carbons (Fsp3) is 0.263. The van der Waals surface area contributed by atoms with E-state index < -0.39 is 0 Å². The summed E-state index contributed by atoms with van der Waals surface area (Å²) in [5, 5.41) is 4.29. The van der Waals surface area contributed by atoms with Gasteiger partial charge in [-0.1, -0.05) is 17.6 Å². The number of rotatable bonds is 4. The first-order chi connectivity index (χ1) is 13.7. The Morgan fingerprint density at radius 2 is 1.89 bits per heavy atom. The molecule has 0 aliphatic heterocycles. The molecule has 1 fully saturated rings. The van der Waals surface area contributed by atoms with E-state index in [1.807, 2.05) is 23.9 Å². The van der Waals surface area contributed by atoms with Crippen molar-refractivity contribution in [2.24, 2.45) is 7.05 Å². The number of pyridine rings is 1. The van der Waals surface area contributed by atoms with Gasteiger partial charge in [0.15, 0.2) is 5.82 Å². The van der Waals surface area contributed by atoms with Gasteiger partial charge in [-0.15, -0.1) is 0 Å². The molecular formula is C19H18N8O. The molecule has 4 aromatic heterocycles. The molecule has 28 heavy (non-hydrogen) atoms. The van der Waals surface area contributed by atoms with Gasteiger partial charge in [-0.05, 0) is 24.5 Å². The van der Waals surface area contributed by atoms with E-state index in [0.29, 0.717) is 11.7 Å². The molecule has 140 valence electrons. The maximum Gasteiger partial charge on any atom is 0.276 e. The molecule has 1 aliphatic rings. The van der Waals surface area contributed by atoms with Crippen molar-refractivity contribution in [1.82, 2.24) is 34.6 Å². The molecule has 5 rings (SSSR count). The van der Waals surface area contributed by atoms with Crippen LogP contribution in [0.25, 0.3) is 22.8 Å². The molecule has 1 saturated carbocycles. The van der Waals surface area contributed by atoms with Crippen LogP contribution >= 0.6 is 0 Å². The summed E-state index contributed by atoms with van der Waals surface area (Å²) in [6, 6.07) is 4.03. The summed E-state index contributed by atoms with van der Waals surface area (Å²) in [5.74, 6) is 1.42. The maximum absolute atomic E-state index is 5.55. The Balaban J connectivity index is 1.48. The zero-order chi connectivity index (χ0) is 19.1. The zero-order valence-corrected chi connectivity index (χ0v) is 15.3. The van der Waals surface area contributed by atoms with Crippen molar-refractivity contribution < 1.29 is 4.52 Å². The van der Waals surface area contributed by atoms with Gasteiger partial charge in [0, 0.05) is 31.2 Å². The molecule has 4 heterocycles. The molecular weight excluding hydrogens is 356 g/mol. The third-order valence-corrected chi connectivity index (χ3v) is 5.38. The fourth-order valence-electron chi connectivity index (χ4n) is 3.57. The molecule has 0 saturated heterocycles. The van der Waals surface area contributed by atoms with E-state index in [9.17, 15) is 0 Å². The van der Waals surface area contributed by atoms with Crippen molar-refractivity contribution in [3.63, 3.8) is 0 Å². The summed E-state index contributed by atoms with van der Waals surface area (Å²) >= 11 is 0. The molecule has 0 bridgehead atoms. The van der Waals surface area contributed by atoms with Gasteiger partial charge >= 0.3 is 0 Å². The molecule has 1 aliphatic carbocycles. The second-order valence-corrected chi connectivity index (χ2v) is 7.01. The lowest BCUT2D eigenvalue weighted by molar-refractivity contribution is 0.272. The van der Waals surface area contributed by atoms with Gasteiger partial charge in [0.05, 0.1) is 23.6 Å². The number of nitrogen functional groups attached to an aromatic ring is 1. The van der Waals surface area contributed by atoms with Gasteiger partial charge in [-0.25, -0.2) is 15.0 Å². The van der Waals surface area contributed by atoms with E-state index in [-0.39, 0.29) is 11.4 Å². The van der Waals surface area contributed by atoms with Crippen LogP contribution in [0.3, 0.4) is 0 Å². The topological polar surface area (TPSA) is 121 Å². The first-order valence-electron chi connectivity index (χ1n) is 9.01. The molecule has 9 nitrogen and oxygen atoms in total. The molecule has 9 heteroatoms. The highest BCUT2D eigenvalue weighted by atomic mass is 16.5. The van der Waals surface area contributed by atoms with E-state index >= 15 is 0 Å². The Morgan fingerprint density at radius 3 is 2.50 bits per heavy atom. The van der Waals surface area contributed by atoms with Gasteiger partial charge in [0.1, 0.15) is 5.69 Å². The van der Waals surface area contributed by atoms with Crippen molar-refractivity contribution >= 4 is 5.95 Å². The van der Waals surface area contributed by atoms with Crippen LogP contribution < -0.4 is 5.73 Å². The van der Waals surface area contributed by atoms with Gasteiger partial charge in [0.2, 0.25) is 5.95 Å². The van der Waals surface area contributed by atoms with Crippen molar-refractivity contribution in [1.29, 1.82) is 0 Å². The predicted octanol–water partition coefficient (Wildman–Crippen LogP) is 2.37. The molecule has 0 unspecified atom stereocenters. The SMILES string of the molecule is Cn1cncc1-c1nc(C2(c3ccc(-c4cnc(N)nc4)nc3)CCC2)no1. The summed E-state index contributed by atoms with van der Waals surface area (Å²) in [5.41, 5.74) is 8.78. The molecule has 4 aromatic rings. The van der Waals surface area contributed by atoms with Crippen LogP contribution in [0.4, 0.5) is 5.95 Å². The fourth-order valence-corrected chi connectivity index (χ4v) is 3.57. The Bertz CT molecular complexity index is 1110. The van der Waals surface area contributed by atoms with Crippen LogP contribution in [-0.4, -0.2) is 34.6 Å². The minimum Gasteiger partial charge on any atom is -0.368 e. The predicted molar refractivity (Wildman–Crippen MR) is 101 cm³/mol. The molecule has 0 amide bonds. The van der Waals surface area contributed by atoms with Crippen molar-refractivity contribution in [2.75, 3.05) is 5.73 Å². The van der Waals surface area contributed by atoms with Gasteiger partial charge in [-0.3, -0.25) is 4.98 Å². The van der Waals surface area contributed by atoms with Crippen molar-refractivity contribution in [3.05, 3.63) is 54.6 Å². The Labute approximate surface area is 160 Å². The second-order valence-electron chi connectivity index (χ2n) is 7.01. The van der Waals surface area contributed by atoms with Gasteiger partial charge in [0.25, 0.3) is 5.89 Å². The number of anilines is 1. The van der Waals surface area contributed by atoms with Crippen molar-refractivity contribution in [2.45, 2.75) is 24.7 Å². The Kier molecular flexibility index (Phi) is 3.68. The largest absolute Gasteiger partial charge is 0.368 e. The normalized spacial score (nSPS) is 15.3. The minimum absolute atomic E-state index is 0.245. The number of hydrogen-bond acceptors (Lipinski definition) is 8. The first kappa shape index (κ1) is 16.5. The third kappa shape index (κ3) is 2.55. The van der Waals surface area contributed by atoms with Crippen LogP contribution in [0.15, 0.2) is 47.8 Å². The lowest BCUT2D eigenvalue weighted by atomic mass is 9.64. The van der Waals surface area contributed by atoms with Crippen molar-refractivity contribution in [3.8, 4) is 22.8 Å². The molecule has 0 atom stereocenters. The maximum atomic E-state index is 5.55. The lowest BCUT2D eigenvalue weighted by Gasteiger charge is -2.39. The van der Waals surface area contributed by atoms with Crippen LogP contribution in [0.2, 0.25) is 0 Å². The van der Waals surface area contributed by atoms with Crippen LogP contribution in [-0.2, 0) is 12.5 Å². The van der Waals surface area contributed by atoms with E-state index in [1.165, 1.54) is 0 Å². The Hall–Kier alpha value is -3.62. The van der Waals surface area contributed by atoms with Crippen LogP contribution in [0.1, 0.15) is 30.7 Å². The monoisotopic (exact) mass is 374 g/mol. The average molecular weight is 374 g/mol. The van der Waals surface area contributed by atoms with Crippen LogP contribution in [0, 0.1) is 0 Å². The Morgan fingerprint density at radius 1 is 1.07 bits per heavy atom. The smallest absolute Gasteiger partial charge is 0.276 e. The number of imidazole rings is 1. The molecule has 0 aromatic carbocycles. The average Bonchev–Trinajstić information content (AvgIpc) is 3.31. The van der Waals surface area contributed by atoms with Gasteiger partial charge in [-0.2, -0.15) is 4.98 Å². The molecule has 0 radical (unpaired) electrons. The number of nitrogens with two attached hydrogens (primary N) is 1. The standard InChI is InChI=1S/C19H18N8O/c1-27-11-21-10-15(27)16-25-17(26-28-16)19(5-2-6-19)13-3-4-14(22-9-13)12-7-23-18(20)24-8-12/h3-4,7-11H,2,5-6H2,1H3,(H2,20,23,24). The van der Waals surface area contributed by atoms with E-state index in [4.69, 9.17) is 10.3 Å².